The Morgan fingerprint density at radius 3 is 2.50 bits per heavy atom. The van der Waals surface area contributed by atoms with Crippen LogP contribution in [0.1, 0.15) is 42.1 Å². The summed E-state index contributed by atoms with van der Waals surface area (Å²) in [6.07, 6.45) is 8.98. The largest absolute Gasteiger partial charge is 0.381 e. The van der Waals surface area contributed by atoms with E-state index in [-0.39, 0.29) is 11.6 Å². The lowest BCUT2D eigenvalue weighted by Gasteiger charge is -2.26. The molecule has 0 radical (unpaired) electrons. The van der Waals surface area contributed by atoms with Crippen LogP contribution in [-0.4, -0.2) is 42.5 Å². The van der Waals surface area contributed by atoms with Crippen LogP contribution in [0.25, 0.3) is 0 Å². The monoisotopic (exact) mass is 612 g/mol. The van der Waals surface area contributed by atoms with Crippen LogP contribution in [0.4, 0.5) is 11.6 Å². The molecule has 194 valence electrons. The lowest BCUT2D eigenvalue weighted by Crippen LogP contribution is -2.31. The highest BCUT2D eigenvalue weighted by Crippen LogP contribution is 2.40. The molecule has 0 saturated carbocycles. The van der Waals surface area contributed by atoms with Crippen molar-refractivity contribution in [1.29, 1.82) is 0 Å². The minimum absolute atomic E-state index is 0.00759. The van der Waals surface area contributed by atoms with E-state index < -0.39 is 13.1 Å². The minimum Gasteiger partial charge on any atom is -0.381 e. The summed E-state index contributed by atoms with van der Waals surface area (Å²) >= 11 is 35.6. The van der Waals surface area contributed by atoms with E-state index in [1.54, 1.807) is 0 Å². The number of H-pyrrole nitrogens is 1. The van der Waals surface area contributed by atoms with Gasteiger partial charge in [-0.15, -0.1) is 0 Å². The number of hydrogen-bond acceptors (Lipinski definition) is 7. The highest BCUT2D eigenvalue weighted by Gasteiger charge is 2.31. The Labute approximate surface area is 237 Å². The van der Waals surface area contributed by atoms with Crippen LogP contribution in [0.3, 0.4) is 0 Å². The van der Waals surface area contributed by atoms with Crippen LogP contribution in [0.2, 0.25) is 0 Å². The molecular formula is C21H22Cl6N8O. The predicted molar refractivity (Wildman–Crippen MR) is 145 cm³/mol. The normalized spacial score (nSPS) is 15.0. The second kappa shape index (κ2) is 11.1. The fourth-order valence-electron chi connectivity index (χ4n) is 3.97. The van der Waals surface area contributed by atoms with Crippen molar-refractivity contribution in [1.82, 2.24) is 29.9 Å². The van der Waals surface area contributed by atoms with Gasteiger partial charge in [0.2, 0.25) is 13.5 Å². The summed E-state index contributed by atoms with van der Waals surface area (Å²) < 4.78 is -1.46. The Hall–Kier alpha value is -1.49. The Balaban J connectivity index is 1.32. The average molecular weight is 615 g/mol. The smallest absolute Gasteiger partial charge is 0.273 e. The molecule has 3 aromatic heterocycles. The summed E-state index contributed by atoms with van der Waals surface area (Å²) in [5.74, 6) is 0.578. The first kappa shape index (κ1) is 27.5. The third-order valence-corrected chi connectivity index (χ3v) is 6.94. The molecule has 15 heteroatoms. The summed E-state index contributed by atoms with van der Waals surface area (Å²) in [7, 11) is 0. The molecule has 1 aliphatic rings. The molecule has 0 aliphatic carbocycles. The zero-order chi connectivity index (χ0) is 26.1. The Morgan fingerprint density at radius 2 is 1.83 bits per heavy atom. The SMILES string of the molecule is C[C@@H](CCCn1cc2c(n1)CCN(c1ncc(C(Cl)(Cl)Cl)cn1)C2)Nc1cn[nH]c(=O)c1C(Cl)(Cl)Cl. The average Bonchev–Trinajstić information content (AvgIpc) is 3.19. The number of aromatic nitrogens is 6. The summed E-state index contributed by atoms with van der Waals surface area (Å²) in [4.78, 5) is 22.9. The first-order valence-corrected chi connectivity index (χ1v) is 13.3. The summed E-state index contributed by atoms with van der Waals surface area (Å²) in [5.41, 5.74) is 2.48. The molecule has 36 heavy (non-hydrogen) atoms. The molecular weight excluding hydrogens is 593 g/mol. The maximum Gasteiger partial charge on any atom is 0.273 e. The van der Waals surface area contributed by atoms with Gasteiger partial charge < -0.3 is 10.2 Å². The molecule has 4 heterocycles. The molecule has 0 saturated heterocycles. The second-order valence-electron chi connectivity index (χ2n) is 8.48. The van der Waals surface area contributed by atoms with Crippen LogP contribution in [-0.2, 0) is 27.1 Å². The van der Waals surface area contributed by atoms with Crippen LogP contribution < -0.4 is 15.8 Å². The van der Waals surface area contributed by atoms with E-state index in [2.05, 4.69) is 36.6 Å². The quantitative estimate of drug-likeness (QED) is 0.350. The zero-order valence-corrected chi connectivity index (χ0v) is 23.5. The first-order valence-electron chi connectivity index (χ1n) is 11.0. The van der Waals surface area contributed by atoms with Crippen molar-refractivity contribution in [3.8, 4) is 0 Å². The number of halogens is 6. The summed E-state index contributed by atoms with van der Waals surface area (Å²) in [6, 6.07) is 0.00759. The van der Waals surface area contributed by atoms with E-state index in [1.165, 1.54) is 18.6 Å². The van der Waals surface area contributed by atoms with Gasteiger partial charge in [-0.3, -0.25) is 9.48 Å². The van der Waals surface area contributed by atoms with Crippen molar-refractivity contribution >= 4 is 81.2 Å². The molecule has 0 fully saturated rings. The number of hydrogen-bond donors (Lipinski definition) is 2. The molecule has 1 atom stereocenters. The van der Waals surface area contributed by atoms with Crippen LogP contribution in [0.15, 0.2) is 29.6 Å². The molecule has 3 aromatic rings. The minimum atomic E-state index is -1.86. The number of nitrogens with zero attached hydrogens (tertiary/aromatic N) is 6. The maximum atomic E-state index is 12.1. The second-order valence-corrected chi connectivity index (χ2v) is 13.0. The maximum absolute atomic E-state index is 12.1. The lowest BCUT2D eigenvalue weighted by molar-refractivity contribution is 0.531. The van der Waals surface area contributed by atoms with Gasteiger partial charge in [-0.25, -0.2) is 15.1 Å². The molecule has 0 unspecified atom stereocenters. The zero-order valence-electron chi connectivity index (χ0n) is 19.0. The van der Waals surface area contributed by atoms with Crippen LogP contribution in [0.5, 0.6) is 0 Å². The molecule has 0 spiro atoms. The summed E-state index contributed by atoms with van der Waals surface area (Å²) in [5, 5.41) is 14.0. The van der Waals surface area contributed by atoms with E-state index in [1.807, 2.05) is 11.6 Å². The Bertz CT molecular complexity index is 1250. The van der Waals surface area contributed by atoms with Crippen LogP contribution in [0, 0.1) is 0 Å². The topological polar surface area (TPSA) is 105 Å². The fraction of sp³-hybridized carbons (Fsp3) is 0.476. The van der Waals surface area contributed by atoms with E-state index in [4.69, 9.17) is 74.7 Å². The van der Waals surface area contributed by atoms with Gasteiger partial charge in [0.1, 0.15) is 0 Å². The number of rotatable bonds is 7. The molecule has 0 amide bonds. The highest BCUT2D eigenvalue weighted by atomic mass is 35.6. The Kier molecular flexibility index (Phi) is 8.49. The first-order chi connectivity index (χ1) is 16.9. The van der Waals surface area contributed by atoms with Crippen molar-refractivity contribution in [3.63, 3.8) is 0 Å². The van der Waals surface area contributed by atoms with Gasteiger partial charge in [-0.05, 0) is 19.8 Å². The van der Waals surface area contributed by atoms with Gasteiger partial charge >= 0.3 is 0 Å². The molecule has 0 aromatic carbocycles. The third-order valence-electron chi connectivity index (χ3n) is 5.72. The lowest BCUT2D eigenvalue weighted by atomic mass is 10.1. The van der Waals surface area contributed by atoms with Crippen molar-refractivity contribution in [3.05, 3.63) is 57.5 Å². The molecule has 2 N–H and O–H groups in total. The van der Waals surface area contributed by atoms with Crippen molar-refractivity contribution < 1.29 is 0 Å². The number of nitrogens with one attached hydrogen (secondary N) is 2. The van der Waals surface area contributed by atoms with Crippen molar-refractivity contribution in [2.75, 3.05) is 16.8 Å². The summed E-state index contributed by atoms with van der Waals surface area (Å²) in [6.45, 7) is 4.12. The van der Waals surface area contributed by atoms with Gasteiger partial charge in [0, 0.05) is 61.8 Å². The number of alkyl halides is 6. The number of fused-ring (bicyclic) bond motifs is 1. The van der Waals surface area contributed by atoms with Crippen molar-refractivity contribution in [2.24, 2.45) is 0 Å². The number of anilines is 2. The van der Waals surface area contributed by atoms with Gasteiger partial charge in [-0.2, -0.15) is 10.2 Å². The number of aryl methyl sites for hydroxylation is 1. The predicted octanol–water partition coefficient (Wildman–Crippen LogP) is 5.25. The number of aromatic amines is 1. The van der Waals surface area contributed by atoms with Gasteiger partial charge in [-0.1, -0.05) is 69.6 Å². The third kappa shape index (κ3) is 6.68. The molecule has 0 bridgehead atoms. The van der Waals surface area contributed by atoms with Gasteiger partial charge in [0.05, 0.1) is 23.1 Å². The molecule has 9 nitrogen and oxygen atoms in total. The van der Waals surface area contributed by atoms with Gasteiger partial charge in [0.25, 0.3) is 5.56 Å². The van der Waals surface area contributed by atoms with Crippen molar-refractivity contribution in [2.45, 2.75) is 52.9 Å². The van der Waals surface area contributed by atoms with Crippen LogP contribution >= 0.6 is 69.6 Å². The molecule has 4 rings (SSSR count). The van der Waals surface area contributed by atoms with E-state index in [9.17, 15) is 4.79 Å². The highest BCUT2D eigenvalue weighted by molar-refractivity contribution is 6.67. The van der Waals surface area contributed by atoms with E-state index in [0.717, 1.165) is 43.6 Å². The van der Waals surface area contributed by atoms with E-state index >= 15 is 0 Å². The molecule has 1 aliphatic heterocycles. The van der Waals surface area contributed by atoms with E-state index in [0.29, 0.717) is 23.7 Å². The standard InChI is InChI=1S/C21H22Cl6N8O/c1-12(31-16-9-30-32-18(36)17(16)21(25,26)27)3-2-5-35-11-13-10-34(6-4-15(13)33-35)19-28-7-14(8-29-19)20(22,23)24/h7-9,11-12H,2-6,10H2,1H3,(H2,31,32,36)/t12-/m0/s1. The fourth-order valence-corrected chi connectivity index (χ4v) is 4.83. The Morgan fingerprint density at radius 1 is 1.11 bits per heavy atom. The van der Waals surface area contributed by atoms with Gasteiger partial charge in [0.15, 0.2) is 0 Å².